The van der Waals surface area contributed by atoms with Crippen molar-refractivity contribution in [3.8, 4) is 0 Å². The van der Waals surface area contributed by atoms with E-state index < -0.39 is 5.60 Å². The third-order valence-corrected chi connectivity index (χ3v) is 5.02. The molecule has 22 heavy (non-hydrogen) atoms. The van der Waals surface area contributed by atoms with Gasteiger partial charge in [0.05, 0.1) is 0 Å². The number of nitrogens with zero attached hydrogens (tertiary/aromatic N) is 3. The molecule has 5 heteroatoms. The van der Waals surface area contributed by atoms with E-state index in [1.165, 1.54) is 0 Å². The Balaban J connectivity index is 1.83. The number of likely N-dealkylation sites (tertiary alicyclic amines) is 1. The summed E-state index contributed by atoms with van der Waals surface area (Å²) in [6.45, 7) is 14.3. The van der Waals surface area contributed by atoms with Crippen LogP contribution in [0.3, 0.4) is 0 Å². The van der Waals surface area contributed by atoms with Crippen LogP contribution in [0.2, 0.25) is 0 Å². The van der Waals surface area contributed by atoms with Gasteiger partial charge in [-0.2, -0.15) is 0 Å². The zero-order valence-corrected chi connectivity index (χ0v) is 15.1. The Labute approximate surface area is 135 Å². The average Bonchev–Trinajstić information content (AvgIpc) is 2.42. The Hall–Kier alpha value is -0.810. The van der Waals surface area contributed by atoms with E-state index in [0.29, 0.717) is 18.1 Å². The predicted octanol–water partition coefficient (Wildman–Crippen LogP) is 2.41. The molecule has 0 unspecified atom stereocenters. The van der Waals surface area contributed by atoms with Gasteiger partial charge in [-0.15, -0.1) is 0 Å². The van der Waals surface area contributed by atoms with Crippen LogP contribution in [0.4, 0.5) is 4.79 Å². The van der Waals surface area contributed by atoms with Crippen molar-refractivity contribution < 1.29 is 9.53 Å². The normalized spacial score (nSPS) is 29.6. The SMILES string of the molecule is C[C@@H]1CN(C2CCN(C(=O)OC(C)(C)C)CC2)C[C@H](C)N1C. The van der Waals surface area contributed by atoms with Gasteiger partial charge in [0.2, 0.25) is 0 Å². The van der Waals surface area contributed by atoms with Crippen molar-refractivity contribution in [2.75, 3.05) is 33.2 Å². The Morgan fingerprint density at radius 2 is 1.55 bits per heavy atom. The molecular weight excluding hydrogens is 278 g/mol. The number of amides is 1. The molecule has 0 spiro atoms. The van der Waals surface area contributed by atoms with Crippen LogP contribution in [0.1, 0.15) is 47.5 Å². The van der Waals surface area contributed by atoms with Crippen molar-refractivity contribution in [2.45, 2.75) is 71.2 Å². The van der Waals surface area contributed by atoms with Gasteiger partial charge in [0.25, 0.3) is 0 Å². The summed E-state index contributed by atoms with van der Waals surface area (Å²) in [5.41, 5.74) is -0.406. The lowest BCUT2D eigenvalue weighted by molar-refractivity contribution is -0.00285. The highest BCUT2D eigenvalue weighted by molar-refractivity contribution is 5.68. The summed E-state index contributed by atoms with van der Waals surface area (Å²) < 4.78 is 5.47. The smallest absolute Gasteiger partial charge is 0.410 e. The second-order valence-electron chi connectivity index (χ2n) is 8.02. The molecule has 2 aliphatic heterocycles. The molecule has 0 aromatic rings. The van der Waals surface area contributed by atoms with Crippen molar-refractivity contribution in [1.29, 1.82) is 0 Å². The van der Waals surface area contributed by atoms with E-state index in [0.717, 1.165) is 39.0 Å². The molecule has 0 saturated carbocycles. The lowest BCUT2D eigenvalue weighted by atomic mass is 9.99. The Morgan fingerprint density at radius 3 is 2.00 bits per heavy atom. The first-order valence-electron chi connectivity index (χ1n) is 8.61. The quantitative estimate of drug-likeness (QED) is 0.745. The fourth-order valence-corrected chi connectivity index (χ4v) is 3.48. The largest absolute Gasteiger partial charge is 0.444 e. The second-order valence-corrected chi connectivity index (χ2v) is 8.02. The lowest BCUT2D eigenvalue weighted by Gasteiger charge is -2.47. The van der Waals surface area contributed by atoms with Gasteiger partial charge in [0, 0.05) is 44.3 Å². The minimum atomic E-state index is -0.406. The molecule has 2 heterocycles. The van der Waals surface area contributed by atoms with Crippen molar-refractivity contribution in [1.82, 2.24) is 14.7 Å². The molecule has 0 N–H and O–H groups in total. The topological polar surface area (TPSA) is 36.0 Å². The number of rotatable bonds is 1. The van der Waals surface area contributed by atoms with Crippen LogP contribution in [0.15, 0.2) is 0 Å². The molecule has 0 aromatic heterocycles. The highest BCUT2D eigenvalue weighted by Crippen LogP contribution is 2.23. The van der Waals surface area contributed by atoms with Gasteiger partial charge in [-0.05, 0) is 54.5 Å². The van der Waals surface area contributed by atoms with Gasteiger partial charge < -0.3 is 9.64 Å². The van der Waals surface area contributed by atoms with Crippen molar-refractivity contribution in [3.63, 3.8) is 0 Å². The molecule has 0 radical (unpaired) electrons. The van der Waals surface area contributed by atoms with Crippen LogP contribution in [-0.4, -0.2) is 77.7 Å². The second kappa shape index (κ2) is 6.75. The molecule has 2 fully saturated rings. The highest BCUT2D eigenvalue weighted by atomic mass is 16.6. The lowest BCUT2D eigenvalue weighted by Crippen LogP contribution is -2.59. The summed E-state index contributed by atoms with van der Waals surface area (Å²) in [5.74, 6) is 0. The van der Waals surface area contributed by atoms with E-state index in [2.05, 4.69) is 30.7 Å². The van der Waals surface area contributed by atoms with Gasteiger partial charge >= 0.3 is 6.09 Å². The third-order valence-electron chi connectivity index (χ3n) is 5.02. The predicted molar refractivity (Wildman–Crippen MR) is 89.1 cm³/mol. The molecule has 128 valence electrons. The van der Waals surface area contributed by atoms with Gasteiger partial charge in [-0.3, -0.25) is 9.80 Å². The van der Waals surface area contributed by atoms with E-state index in [-0.39, 0.29) is 6.09 Å². The minimum absolute atomic E-state index is 0.161. The third kappa shape index (κ3) is 4.35. The number of hydrogen-bond donors (Lipinski definition) is 0. The van der Waals surface area contributed by atoms with Gasteiger partial charge in [0.15, 0.2) is 0 Å². The summed E-state index contributed by atoms with van der Waals surface area (Å²) >= 11 is 0. The first-order chi connectivity index (χ1) is 10.2. The standard InChI is InChI=1S/C17H33N3O2/c1-13-11-20(12-14(2)18(13)6)15-7-9-19(10-8-15)16(21)22-17(3,4)5/h13-15H,7-12H2,1-6H3/t13-,14+. The number of carbonyl (C=O) groups excluding carboxylic acids is 1. The highest BCUT2D eigenvalue weighted by Gasteiger charge is 2.34. The molecular formula is C17H33N3O2. The van der Waals surface area contributed by atoms with Crippen molar-refractivity contribution in [3.05, 3.63) is 0 Å². The van der Waals surface area contributed by atoms with Crippen LogP contribution in [0, 0.1) is 0 Å². The average molecular weight is 311 g/mol. The summed E-state index contributed by atoms with van der Waals surface area (Å²) in [5, 5.41) is 0. The number of piperazine rings is 1. The zero-order valence-electron chi connectivity index (χ0n) is 15.1. The van der Waals surface area contributed by atoms with E-state index in [1.807, 2.05) is 25.7 Å². The van der Waals surface area contributed by atoms with Gasteiger partial charge in [0.1, 0.15) is 5.60 Å². The van der Waals surface area contributed by atoms with Crippen LogP contribution >= 0.6 is 0 Å². The minimum Gasteiger partial charge on any atom is -0.444 e. The fraction of sp³-hybridized carbons (Fsp3) is 0.941. The first kappa shape index (κ1) is 17.5. The fourth-order valence-electron chi connectivity index (χ4n) is 3.48. The Morgan fingerprint density at radius 1 is 1.05 bits per heavy atom. The molecule has 2 rings (SSSR count). The van der Waals surface area contributed by atoms with E-state index in [4.69, 9.17) is 4.74 Å². The molecule has 2 aliphatic rings. The zero-order chi connectivity index (χ0) is 16.5. The molecule has 2 saturated heterocycles. The molecule has 2 atom stereocenters. The van der Waals surface area contributed by atoms with Crippen LogP contribution in [0.5, 0.6) is 0 Å². The molecule has 5 nitrogen and oxygen atoms in total. The summed E-state index contributed by atoms with van der Waals surface area (Å²) in [6.07, 6.45) is 1.95. The number of piperidine rings is 1. The number of hydrogen-bond acceptors (Lipinski definition) is 4. The monoisotopic (exact) mass is 311 g/mol. The number of carbonyl (C=O) groups is 1. The summed E-state index contributed by atoms with van der Waals surface area (Å²) in [4.78, 5) is 19.1. The van der Waals surface area contributed by atoms with E-state index in [1.54, 1.807) is 0 Å². The van der Waals surface area contributed by atoms with Gasteiger partial charge in [-0.1, -0.05) is 0 Å². The maximum Gasteiger partial charge on any atom is 0.410 e. The molecule has 0 aromatic carbocycles. The molecule has 0 bridgehead atoms. The van der Waals surface area contributed by atoms with E-state index >= 15 is 0 Å². The Bertz CT molecular complexity index is 374. The van der Waals surface area contributed by atoms with Crippen molar-refractivity contribution in [2.24, 2.45) is 0 Å². The molecule has 0 aliphatic carbocycles. The molecule has 1 amide bonds. The van der Waals surface area contributed by atoms with Crippen LogP contribution < -0.4 is 0 Å². The number of likely N-dealkylation sites (N-methyl/N-ethyl adjacent to an activating group) is 1. The van der Waals surface area contributed by atoms with E-state index in [9.17, 15) is 4.79 Å². The van der Waals surface area contributed by atoms with Crippen molar-refractivity contribution >= 4 is 6.09 Å². The summed E-state index contributed by atoms with van der Waals surface area (Å²) in [6, 6.07) is 1.82. The van der Waals surface area contributed by atoms with Crippen LogP contribution in [-0.2, 0) is 4.74 Å². The first-order valence-corrected chi connectivity index (χ1v) is 8.61. The number of ether oxygens (including phenoxy) is 1. The Kier molecular flexibility index (Phi) is 5.38. The maximum absolute atomic E-state index is 12.1. The van der Waals surface area contributed by atoms with Crippen LogP contribution in [0.25, 0.3) is 0 Å². The van der Waals surface area contributed by atoms with Gasteiger partial charge in [-0.25, -0.2) is 4.79 Å². The summed E-state index contributed by atoms with van der Waals surface area (Å²) in [7, 11) is 2.22. The maximum atomic E-state index is 12.1.